The number of amides is 1. The minimum absolute atomic E-state index is 0.273. The van der Waals surface area contributed by atoms with E-state index in [0.29, 0.717) is 40.4 Å². The Morgan fingerprint density at radius 1 is 1.20 bits per heavy atom. The lowest BCUT2D eigenvalue weighted by Gasteiger charge is -2.09. The van der Waals surface area contributed by atoms with Gasteiger partial charge in [0.25, 0.3) is 11.7 Å². The molecule has 3 rings (SSSR count). The Bertz CT molecular complexity index is 718. The summed E-state index contributed by atoms with van der Waals surface area (Å²) >= 11 is 0.460. The van der Waals surface area contributed by atoms with Gasteiger partial charge in [-0.25, -0.2) is 0 Å². The van der Waals surface area contributed by atoms with Crippen molar-refractivity contribution in [2.75, 3.05) is 11.9 Å². The number of thioether (sulfide) groups is 1. The van der Waals surface area contributed by atoms with Crippen molar-refractivity contribution in [3.05, 3.63) is 59.7 Å². The molecule has 1 N–H and O–H groups in total. The average Bonchev–Trinajstić information content (AvgIpc) is 3.39. The molecule has 132 valence electrons. The van der Waals surface area contributed by atoms with Crippen molar-refractivity contribution in [1.29, 1.82) is 0 Å². The molecule has 1 fully saturated rings. The molecule has 2 aromatic rings. The Balaban J connectivity index is 1.56. The molecule has 0 aliphatic heterocycles. The van der Waals surface area contributed by atoms with Gasteiger partial charge in [-0.3, -0.25) is 4.79 Å². The maximum atomic E-state index is 12.3. The van der Waals surface area contributed by atoms with Gasteiger partial charge in [0.2, 0.25) is 0 Å². The van der Waals surface area contributed by atoms with Gasteiger partial charge in [-0.15, -0.1) is 0 Å². The number of carbonyl (C=O) groups is 1. The molecule has 25 heavy (non-hydrogen) atoms. The first kappa shape index (κ1) is 17.9. The summed E-state index contributed by atoms with van der Waals surface area (Å²) in [6.07, 6.45) is 2.51. The number of anilines is 1. The fourth-order valence-electron chi connectivity index (χ4n) is 2.36. The van der Waals surface area contributed by atoms with Crippen LogP contribution < -0.4 is 5.32 Å². The van der Waals surface area contributed by atoms with Gasteiger partial charge in [-0.2, -0.15) is 8.78 Å². The van der Waals surface area contributed by atoms with E-state index in [4.69, 9.17) is 4.74 Å². The molecule has 3 nitrogen and oxygen atoms in total. The second-order valence-corrected chi connectivity index (χ2v) is 7.08. The summed E-state index contributed by atoms with van der Waals surface area (Å²) in [5.41, 5.74) is 2.11. The van der Waals surface area contributed by atoms with E-state index in [9.17, 15) is 13.6 Å². The molecular formula is C19H19F2NO2S. The topological polar surface area (TPSA) is 38.3 Å². The highest BCUT2D eigenvalue weighted by Crippen LogP contribution is 2.29. The summed E-state index contributed by atoms with van der Waals surface area (Å²) in [6.45, 7) is 1.32. The zero-order chi connectivity index (χ0) is 17.6. The smallest absolute Gasteiger partial charge is 0.288 e. The lowest BCUT2D eigenvalue weighted by atomic mass is 10.2. The van der Waals surface area contributed by atoms with E-state index in [2.05, 4.69) is 5.32 Å². The second-order valence-electron chi connectivity index (χ2n) is 6.02. The quantitative estimate of drug-likeness (QED) is 0.657. The maximum Gasteiger partial charge on any atom is 0.288 e. The number of rotatable bonds is 8. The van der Waals surface area contributed by atoms with Crippen LogP contribution in [0.25, 0.3) is 0 Å². The second kappa shape index (κ2) is 8.45. The van der Waals surface area contributed by atoms with Crippen LogP contribution >= 0.6 is 11.8 Å². The summed E-state index contributed by atoms with van der Waals surface area (Å²) < 4.78 is 30.3. The van der Waals surface area contributed by atoms with E-state index in [1.165, 1.54) is 25.0 Å². The summed E-state index contributed by atoms with van der Waals surface area (Å²) in [6, 6.07) is 13.6. The summed E-state index contributed by atoms with van der Waals surface area (Å²) in [5, 5.41) is 2.82. The number of benzene rings is 2. The molecule has 1 aliphatic carbocycles. The first-order valence-corrected chi connectivity index (χ1v) is 9.01. The van der Waals surface area contributed by atoms with Crippen molar-refractivity contribution in [1.82, 2.24) is 0 Å². The molecule has 0 atom stereocenters. The molecular weight excluding hydrogens is 344 g/mol. The first-order valence-electron chi connectivity index (χ1n) is 8.13. The van der Waals surface area contributed by atoms with Crippen LogP contribution in [-0.2, 0) is 11.3 Å². The fraction of sp³-hybridized carbons (Fsp3) is 0.316. The normalized spacial score (nSPS) is 13.9. The largest absolute Gasteiger partial charge is 0.376 e. The molecule has 2 aromatic carbocycles. The zero-order valence-electron chi connectivity index (χ0n) is 13.6. The van der Waals surface area contributed by atoms with Gasteiger partial charge in [-0.05, 0) is 60.7 Å². The van der Waals surface area contributed by atoms with E-state index in [0.717, 1.165) is 12.2 Å². The molecule has 0 radical (unpaired) electrons. The number of hydrogen-bond donors (Lipinski definition) is 1. The first-order chi connectivity index (χ1) is 12.1. The Kier molecular flexibility index (Phi) is 6.04. The molecule has 1 amide bonds. The van der Waals surface area contributed by atoms with Gasteiger partial charge in [0.15, 0.2) is 0 Å². The van der Waals surface area contributed by atoms with E-state index in [1.54, 1.807) is 12.1 Å². The zero-order valence-corrected chi connectivity index (χ0v) is 14.4. The third-order valence-electron chi connectivity index (χ3n) is 3.85. The van der Waals surface area contributed by atoms with Crippen molar-refractivity contribution in [3.8, 4) is 0 Å². The van der Waals surface area contributed by atoms with Crippen molar-refractivity contribution < 1.29 is 18.3 Å². The number of alkyl halides is 2. The number of carbonyl (C=O) groups excluding carboxylic acids is 1. The van der Waals surface area contributed by atoms with Crippen molar-refractivity contribution in [2.45, 2.75) is 30.1 Å². The van der Waals surface area contributed by atoms with E-state index in [-0.39, 0.29) is 5.91 Å². The number of nitrogens with one attached hydrogen (secondary N) is 1. The number of ether oxygens (including phenoxy) is 1. The van der Waals surface area contributed by atoms with Crippen molar-refractivity contribution in [2.24, 2.45) is 5.92 Å². The Labute approximate surface area is 149 Å². The minimum atomic E-state index is -2.47. The highest BCUT2D eigenvalue weighted by molar-refractivity contribution is 7.99. The molecule has 0 aromatic heterocycles. The monoisotopic (exact) mass is 363 g/mol. The lowest BCUT2D eigenvalue weighted by Crippen LogP contribution is -2.12. The Morgan fingerprint density at radius 2 is 1.96 bits per heavy atom. The van der Waals surface area contributed by atoms with Gasteiger partial charge >= 0.3 is 0 Å². The van der Waals surface area contributed by atoms with Crippen LogP contribution in [-0.4, -0.2) is 18.3 Å². The maximum absolute atomic E-state index is 12.3. The molecule has 0 spiro atoms. The Hall–Kier alpha value is -1.92. The third-order valence-corrected chi connectivity index (χ3v) is 4.57. The van der Waals surface area contributed by atoms with Gasteiger partial charge in [0.05, 0.1) is 6.61 Å². The van der Waals surface area contributed by atoms with Crippen LogP contribution in [0.15, 0.2) is 53.4 Å². The predicted molar refractivity (Wildman–Crippen MR) is 95.1 cm³/mol. The van der Waals surface area contributed by atoms with Gasteiger partial charge in [-0.1, -0.05) is 23.9 Å². The van der Waals surface area contributed by atoms with Crippen molar-refractivity contribution >= 4 is 23.4 Å². The number of halogens is 2. The summed E-state index contributed by atoms with van der Waals surface area (Å²) in [4.78, 5) is 12.7. The van der Waals surface area contributed by atoms with Gasteiger partial charge in [0.1, 0.15) is 0 Å². The molecule has 0 saturated heterocycles. The van der Waals surface area contributed by atoms with Crippen LogP contribution in [0.1, 0.15) is 28.8 Å². The molecule has 6 heteroatoms. The minimum Gasteiger partial charge on any atom is -0.376 e. The predicted octanol–water partition coefficient (Wildman–Crippen LogP) is 5.18. The molecule has 1 aliphatic rings. The summed E-state index contributed by atoms with van der Waals surface area (Å²) in [5.74, 6) is -2.02. The van der Waals surface area contributed by atoms with Gasteiger partial charge < -0.3 is 10.1 Å². The third kappa shape index (κ3) is 5.83. The Morgan fingerprint density at radius 3 is 2.64 bits per heavy atom. The van der Waals surface area contributed by atoms with Gasteiger partial charge in [0, 0.05) is 22.8 Å². The van der Waals surface area contributed by atoms with E-state index in [1.807, 2.05) is 24.3 Å². The fourth-order valence-corrected chi connectivity index (χ4v) is 2.86. The van der Waals surface area contributed by atoms with Crippen LogP contribution in [0.4, 0.5) is 14.5 Å². The number of hydrogen-bond acceptors (Lipinski definition) is 3. The SMILES string of the molecule is O=C(Nc1cccc(COCC2CC2)c1)c1ccc(SC(F)F)cc1. The highest BCUT2D eigenvalue weighted by Gasteiger charge is 2.21. The summed E-state index contributed by atoms with van der Waals surface area (Å²) in [7, 11) is 0. The molecule has 0 bridgehead atoms. The molecule has 1 saturated carbocycles. The van der Waals surface area contributed by atoms with Crippen LogP contribution in [0.5, 0.6) is 0 Å². The van der Waals surface area contributed by atoms with Crippen LogP contribution in [0.2, 0.25) is 0 Å². The van der Waals surface area contributed by atoms with Crippen molar-refractivity contribution in [3.63, 3.8) is 0 Å². The average molecular weight is 363 g/mol. The lowest BCUT2D eigenvalue weighted by molar-refractivity contribution is 0.102. The standard InChI is InChI=1S/C19H19F2NO2S/c20-19(21)25-17-8-6-15(7-9-17)18(23)22-16-3-1-2-14(10-16)12-24-11-13-4-5-13/h1-3,6-10,13,19H,4-5,11-12H2,(H,22,23). The van der Waals surface area contributed by atoms with E-state index < -0.39 is 5.76 Å². The molecule has 0 heterocycles. The molecule has 0 unspecified atom stereocenters. The highest BCUT2D eigenvalue weighted by atomic mass is 32.2. The van der Waals surface area contributed by atoms with Crippen LogP contribution in [0, 0.1) is 5.92 Å². The van der Waals surface area contributed by atoms with Crippen LogP contribution in [0.3, 0.4) is 0 Å². The van der Waals surface area contributed by atoms with E-state index >= 15 is 0 Å².